The minimum atomic E-state index is 0.169. The molecule has 2 rings (SSSR count). The van der Waals surface area contributed by atoms with Gasteiger partial charge in [0.15, 0.2) is 0 Å². The van der Waals surface area contributed by atoms with Crippen LogP contribution in [-0.4, -0.2) is 22.5 Å². The second kappa shape index (κ2) is 5.12. The van der Waals surface area contributed by atoms with Crippen LogP contribution in [0.4, 0.5) is 0 Å². The van der Waals surface area contributed by atoms with E-state index in [9.17, 15) is 4.79 Å². The molecule has 1 saturated heterocycles. The quantitative estimate of drug-likeness (QED) is 0.828. The number of nitrogens with zero attached hydrogens (tertiary/aromatic N) is 2. The Hall–Kier alpha value is -1.32. The zero-order valence-corrected chi connectivity index (χ0v) is 11.7. The molecule has 18 heavy (non-hydrogen) atoms. The highest BCUT2D eigenvalue weighted by atomic mass is 16.5. The molecule has 0 bridgehead atoms. The fraction of sp³-hybridized carbons (Fsp3) is 0.714. The Morgan fingerprint density at radius 2 is 2.22 bits per heavy atom. The van der Waals surface area contributed by atoms with Crippen LogP contribution in [0.3, 0.4) is 0 Å². The van der Waals surface area contributed by atoms with Crippen molar-refractivity contribution in [2.45, 2.75) is 53.0 Å². The fourth-order valence-corrected chi connectivity index (χ4v) is 2.80. The van der Waals surface area contributed by atoms with Crippen molar-refractivity contribution < 1.29 is 9.32 Å². The zero-order chi connectivity index (χ0) is 13.3. The number of amides is 1. The summed E-state index contributed by atoms with van der Waals surface area (Å²) in [5.74, 6) is 1.51. The normalized spacial score (nSPS) is 19.8. The first-order chi connectivity index (χ1) is 8.50. The van der Waals surface area contributed by atoms with Crippen LogP contribution < -0.4 is 0 Å². The molecule has 0 saturated carbocycles. The molecule has 1 aliphatic rings. The predicted molar refractivity (Wildman–Crippen MR) is 69.1 cm³/mol. The molecule has 1 aliphatic heterocycles. The number of aromatic nitrogens is 1. The van der Waals surface area contributed by atoms with Crippen LogP contribution in [0.25, 0.3) is 0 Å². The van der Waals surface area contributed by atoms with E-state index >= 15 is 0 Å². The Morgan fingerprint density at radius 1 is 1.50 bits per heavy atom. The lowest BCUT2D eigenvalue weighted by Crippen LogP contribution is -2.31. The maximum absolute atomic E-state index is 12.3. The molecule has 1 amide bonds. The SMILES string of the molecule is Cc1noc(C)c1[C@H]1CCCN1C(=O)CC(C)C. The highest BCUT2D eigenvalue weighted by molar-refractivity contribution is 5.77. The maximum Gasteiger partial charge on any atom is 0.223 e. The average Bonchev–Trinajstić information content (AvgIpc) is 2.84. The summed E-state index contributed by atoms with van der Waals surface area (Å²) >= 11 is 0. The number of likely N-dealkylation sites (tertiary alicyclic amines) is 1. The molecule has 2 heterocycles. The van der Waals surface area contributed by atoms with Gasteiger partial charge in [-0.25, -0.2) is 0 Å². The molecular formula is C14H22N2O2. The predicted octanol–water partition coefficient (Wildman–Crippen LogP) is 3.00. The van der Waals surface area contributed by atoms with E-state index in [0.29, 0.717) is 12.3 Å². The lowest BCUT2D eigenvalue weighted by molar-refractivity contribution is -0.132. The summed E-state index contributed by atoms with van der Waals surface area (Å²) < 4.78 is 5.23. The maximum atomic E-state index is 12.3. The van der Waals surface area contributed by atoms with Crippen molar-refractivity contribution in [3.05, 3.63) is 17.0 Å². The van der Waals surface area contributed by atoms with Gasteiger partial charge in [-0.1, -0.05) is 19.0 Å². The summed E-state index contributed by atoms with van der Waals surface area (Å²) in [6, 6.07) is 0.169. The van der Waals surface area contributed by atoms with Crippen LogP contribution in [-0.2, 0) is 4.79 Å². The third-order valence-electron chi connectivity index (χ3n) is 3.58. The first-order valence-corrected chi connectivity index (χ1v) is 6.73. The Labute approximate surface area is 108 Å². The van der Waals surface area contributed by atoms with E-state index in [1.807, 2.05) is 18.7 Å². The highest BCUT2D eigenvalue weighted by Crippen LogP contribution is 2.36. The second-order valence-electron chi connectivity index (χ2n) is 5.58. The standard InChI is InChI=1S/C14H22N2O2/c1-9(2)8-13(17)16-7-5-6-12(16)14-10(3)15-18-11(14)4/h9,12H,5-8H2,1-4H3/t12-/m1/s1. The lowest BCUT2D eigenvalue weighted by Gasteiger charge is -2.25. The Bertz CT molecular complexity index is 418. The molecule has 1 atom stereocenters. The van der Waals surface area contributed by atoms with Crippen molar-refractivity contribution >= 4 is 5.91 Å². The van der Waals surface area contributed by atoms with Crippen molar-refractivity contribution in [2.75, 3.05) is 6.54 Å². The Morgan fingerprint density at radius 3 is 2.78 bits per heavy atom. The van der Waals surface area contributed by atoms with Gasteiger partial charge in [-0.15, -0.1) is 0 Å². The van der Waals surface area contributed by atoms with E-state index in [2.05, 4.69) is 19.0 Å². The third-order valence-corrected chi connectivity index (χ3v) is 3.58. The number of hydrogen-bond acceptors (Lipinski definition) is 3. The van der Waals surface area contributed by atoms with Crippen LogP contribution in [0.15, 0.2) is 4.52 Å². The fourth-order valence-electron chi connectivity index (χ4n) is 2.80. The summed E-state index contributed by atoms with van der Waals surface area (Å²) in [6.07, 6.45) is 2.71. The molecule has 100 valence electrons. The Balaban J connectivity index is 2.20. The topological polar surface area (TPSA) is 46.3 Å². The second-order valence-corrected chi connectivity index (χ2v) is 5.58. The van der Waals surface area contributed by atoms with Crippen molar-refractivity contribution in [1.82, 2.24) is 10.1 Å². The van der Waals surface area contributed by atoms with Gasteiger partial charge in [0.05, 0.1) is 11.7 Å². The smallest absolute Gasteiger partial charge is 0.223 e. The summed E-state index contributed by atoms with van der Waals surface area (Å²) in [6.45, 7) is 8.91. The summed E-state index contributed by atoms with van der Waals surface area (Å²) in [4.78, 5) is 14.3. The molecule has 1 fully saturated rings. The van der Waals surface area contributed by atoms with Gasteiger partial charge >= 0.3 is 0 Å². The number of rotatable bonds is 3. The van der Waals surface area contributed by atoms with Gasteiger partial charge < -0.3 is 9.42 Å². The monoisotopic (exact) mass is 250 g/mol. The molecular weight excluding hydrogens is 228 g/mol. The van der Waals surface area contributed by atoms with Gasteiger partial charge in [0.2, 0.25) is 5.91 Å². The van der Waals surface area contributed by atoms with E-state index in [1.165, 1.54) is 0 Å². The van der Waals surface area contributed by atoms with Crippen molar-refractivity contribution in [3.63, 3.8) is 0 Å². The molecule has 4 nitrogen and oxygen atoms in total. The molecule has 0 N–H and O–H groups in total. The molecule has 0 unspecified atom stereocenters. The van der Waals surface area contributed by atoms with E-state index in [4.69, 9.17) is 4.52 Å². The van der Waals surface area contributed by atoms with Gasteiger partial charge in [0.25, 0.3) is 0 Å². The van der Waals surface area contributed by atoms with E-state index in [-0.39, 0.29) is 11.9 Å². The number of carbonyl (C=O) groups excluding carboxylic acids is 1. The number of carbonyl (C=O) groups is 1. The van der Waals surface area contributed by atoms with Crippen LogP contribution in [0, 0.1) is 19.8 Å². The number of aryl methyl sites for hydroxylation is 2. The largest absolute Gasteiger partial charge is 0.361 e. The first kappa shape index (κ1) is 13.1. The molecule has 0 radical (unpaired) electrons. The van der Waals surface area contributed by atoms with E-state index in [1.54, 1.807) is 0 Å². The van der Waals surface area contributed by atoms with E-state index < -0.39 is 0 Å². The Kier molecular flexibility index (Phi) is 3.73. The molecule has 0 aromatic carbocycles. The summed E-state index contributed by atoms with van der Waals surface area (Å²) in [5, 5.41) is 4.00. The summed E-state index contributed by atoms with van der Waals surface area (Å²) in [7, 11) is 0. The summed E-state index contributed by atoms with van der Waals surface area (Å²) in [5.41, 5.74) is 2.03. The van der Waals surface area contributed by atoms with Crippen LogP contribution >= 0.6 is 0 Å². The minimum Gasteiger partial charge on any atom is -0.361 e. The molecule has 1 aromatic rings. The number of hydrogen-bond donors (Lipinski definition) is 0. The van der Waals surface area contributed by atoms with Gasteiger partial charge in [-0.2, -0.15) is 0 Å². The molecule has 4 heteroatoms. The average molecular weight is 250 g/mol. The van der Waals surface area contributed by atoms with Crippen LogP contribution in [0.2, 0.25) is 0 Å². The third kappa shape index (κ3) is 2.42. The van der Waals surface area contributed by atoms with Crippen molar-refractivity contribution in [3.8, 4) is 0 Å². The van der Waals surface area contributed by atoms with Gasteiger partial charge in [-0.05, 0) is 32.6 Å². The van der Waals surface area contributed by atoms with Gasteiger partial charge in [0.1, 0.15) is 5.76 Å². The zero-order valence-electron chi connectivity index (χ0n) is 11.7. The lowest BCUT2D eigenvalue weighted by atomic mass is 10.0. The minimum absolute atomic E-state index is 0.169. The molecule has 1 aromatic heterocycles. The van der Waals surface area contributed by atoms with Crippen LogP contribution in [0.1, 0.15) is 56.2 Å². The first-order valence-electron chi connectivity index (χ1n) is 6.73. The molecule has 0 spiro atoms. The van der Waals surface area contributed by atoms with Gasteiger partial charge in [-0.3, -0.25) is 4.79 Å². The van der Waals surface area contributed by atoms with E-state index in [0.717, 1.165) is 36.4 Å². The van der Waals surface area contributed by atoms with Crippen molar-refractivity contribution in [1.29, 1.82) is 0 Å². The highest BCUT2D eigenvalue weighted by Gasteiger charge is 2.33. The van der Waals surface area contributed by atoms with Crippen LogP contribution in [0.5, 0.6) is 0 Å². The van der Waals surface area contributed by atoms with Gasteiger partial charge in [0, 0.05) is 18.5 Å². The molecule has 0 aliphatic carbocycles. The van der Waals surface area contributed by atoms with Crippen molar-refractivity contribution in [2.24, 2.45) is 5.92 Å².